The highest BCUT2D eigenvalue weighted by Gasteiger charge is 2.18. The second-order valence-electron chi connectivity index (χ2n) is 2.44. The second kappa shape index (κ2) is 6.17. The summed E-state index contributed by atoms with van der Waals surface area (Å²) >= 11 is 2.91. The van der Waals surface area contributed by atoms with E-state index in [1.807, 2.05) is 13.8 Å². The number of halogens is 1. The summed E-state index contributed by atoms with van der Waals surface area (Å²) in [5.41, 5.74) is 0. The summed E-state index contributed by atoms with van der Waals surface area (Å²) in [5, 5.41) is 0.0683. The van der Waals surface area contributed by atoms with Crippen LogP contribution in [0.1, 0.15) is 26.7 Å². The summed E-state index contributed by atoms with van der Waals surface area (Å²) in [6, 6.07) is 0. The number of esters is 2. The number of carbonyl (C=O) groups is 2. The molecule has 0 bridgehead atoms. The lowest BCUT2D eigenvalue weighted by molar-refractivity contribution is -0.160. The summed E-state index contributed by atoms with van der Waals surface area (Å²) in [6.07, 6.45) is 1.43. The van der Waals surface area contributed by atoms with Gasteiger partial charge in [-0.15, -0.1) is 0 Å². The molecular formula is C8H13BrO3. The van der Waals surface area contributed by atoms with E-state index in [4.69, 9.17) is 0 Å². The molecule has 0 rings (SSSR count). The molecule has 3 nitrogen and oxygen atoms in total. The fourth-order valence-corrected chi connectivity index (χ4v) is 0.959. The standard InChI is InChI=1S/C8H13BrO3/c1-3-6(4-2)8(11)12-7(10)5-9/h6H,3-5H2,1-2H3. The van der Waals surface area contributed by atoms with Gasteiger partial charge in [0, 0.05) is 0 Å². The summed E-state index contributed by atoms with van der Waals surface area (Å²) in [5.74, 6) is -1.08. The van der Waals surface area contributed by atoms with E-state index in [2.05, 4.69) is 20.7 Å². The third-order valence-electron chi connectivity index (χ3n) is 1.64. The molecule has 0 aromatic heterocycles. The van der Waals surface area contributed by atoms with Crippen LogP contribution in [0, 0.1) is 5.92 Å². The molecule has 4 heteroatoms. The number of hydrogen-bond acceptors (Lipinski definition) is 3. The molecule has 0 spiro atoms. The summed E-state index contributed by atoms with van der Waals surface area (Å²) in [6.45, 7) is 3.79. The second-order valence-corrected chi connectivity index (χ2v) is 3.00. The van der Waals surface area contributed by atoms with Crippen LogP contribution in [0.5, 0.6) is 0 Å². The third-order valence-corrected chi connectivity index (χ3v) is 2.10. The maximum atomic E-state index is 11.1. The average Bonchev–Trinajstić information content (AvgIpc) is 2.06. The van der Waals surface area contributed by atoms with Crippen LogP contribution in [0.25, 0.3) is 0 Å². The van der Waals surface area contributed by atoms with Crippen molar-refractivity contribution < 1.29 is 14.3 Å². The van der Waals surface area contributed by atoms with E-state index in [1.54, 1.807) is 0 Å². The minimum absolute atomic E-state index is 0.0683. The summed E-state index contributed by atoms with van der Waals surface area (Å²) in [7, 11) is 0. The first kappa shape index (κ1) is 11.6. The number of ether oxygens (including phenoxy) is 1. The van der Waals surface area contributed by atoms with Crippen LogP contribution < -0.4 is 0 Å². The number of hydrogen-bond donors (Lipinski definition) is 0. The van der Waals surface area contributed by atoms with Crippen LogP contribution in [-0.2, 0) is 14.3 Å². The molecule has 0 aliphatic heterocycles. The molecule has 0 radical (unpaired) electrons. The first-order chi connectivity index (χ1) is 5.65. The highest BCUT2D eigenvalue weighted by Crippen LogP contribution is 2.09. The topological polar surface area (TPSA) is 43.4 Å². The fraction of sp³-hybridized carbons (Fsp3) is 0.750. The number of alkyl halides is 1. The molecule has 0 saturated carbocycles. The molecule has 0 heterocycles. The van der Waals surface area contributed by atoms with Crippen LogP contribution in [0.3, 0.4) is 0 Å². The summed E-state index contributed by atoms with van der Waals surface area (Å²) < 4.78 is 4.52. The SMILES string of the molecule is CCC(CC)C(=O)OC(=O)CBr. The van der Waals surface area contributed by atoms with Gasteiger partial charge < -0.3 is 4.74 Å². The van der Waals surface area contributed by atoms with Gasteiger partial charge in [0.2, 0.25) is 0 Å². The molecule has 0 N–H and O–H groups in total. The van der Waals surface area contributed by atoms with Crippen molar-refractivity contribution in [1.29, 1.82) is 0 Å². The molecule has 0 aliphatic rings. The minimum atomic E-state index is -0.521. The Morgan fingerprint density at radius 2 is 1.83 bits per heavy atom. The Morgan fingerprint density at radius 1 is 1.33 bits per heavy atom. The maximum Gasteiger partial charge on any atom is 0.324 e. The first-order valence-electron chi connectivity index (χ1n) is 3.96. The Kier molecular flexibility index (Phi) is 5.98. The maximum absolute atomic E-state index is 11.1. The molecule has 70 valence electrons. The Bertz CT molecular complexity index is 164. The fourth-order valence-electron chi connectivity index (χ4n) is 0.845. The van der Waals surface area contributed by atoms with E-state index in [0.29, 0.717) is 12.8 Å². The van der Waals surface area contributed by atoms with E-state index in [0.717, 1.165) is 0 Å². The third kappa shape index (κ3) is 3.85. The Labute approximate surface area is 80.6 Å². The first-order valence-corrected chi connectivity index (χ1v) is 5.08. The van der Waals surface area contributed by atoms with Crippen molar-refractivity contribution in [1.82, 2.24) is 0 Å². The van der Waals surface area contributed by atoms with E-state index in [-0.39, 0.29) is 11.2 Å². The zero-order valence-electron chi connectivity index (χ0n) is 7.30. The molecule has 0 aromatic carbocycles. The van der Waals surface area contributed by atoms with Crippen LogP contribution in [-0.4, -0.2) is 17.3 Å². The minimum Gasteiger partial charge on any atom is -0.392 e. The van der Waals surface area contributed by atoms with Crippen molar-refractivity contribution in [2.45, 2.75) is 26.7 Å². The van der Waals surface area contributed by atoms with Gasteiger partial charge >= 0.3 is 11.9 Å². The van der Waals surface area contributed by atoms with Gasteiger partial charge in [0.25, 0.3) is 0 Å². The molecule has 0 amide bonds. The Hall–Kier alpha value is -0.380. The molecule has 0 unspecified atom stereocenters. The van der Waals surface area contributed by atoms with Gasteiger partial charge in [0.1, 0.15) is 5.33 Å². The van der Waals surface area contributed by atoms with Gasteiger partial charge in [0.15, 0.2) is 0 Å². The van der Waals surface area contributed by atoms with Crippen LogP contribution in [0.4, 0.5) is 0 Å². The molecular weight excluding hydrogens is 224 g/mol. The lowest BCUT2D eigenvalue weighted by Crippen LogP contribution is -2.20. The van der Waals surface area contributed by atoms with E-state index in [9.17, 15) is 9.59 Å². The quantitative estimate of drug-likeness (QED) is 0.426. The highest BCUT2D eigenvalue weighted by molar-refractivity contribution is 9.09. The molecule has 12 heavy (non-hydrogen) atoms. The molecule has 0 fully saturated rings. The van der Waals surface area contributed by atoms with Crippen molar-refractivity contribution in [2.75, 3.05) is 5.33 Å². The highest BCUT2D eigenvalue weighted by atomic mass is 79.9. The predicted molar refractivity (Wildman–Crippen MR) is 49.0 cm³/mol. The zero-order chi connectivity index (χ0) is 9.56. The van der Waals surface area contributed by atoms with Crippen LogP contribution in [0.2, 0.25) is 0 Å². The number of carbonyl (C=O) groups excluding carboxylic acids is 2. The predicted octanol–water partition coefficient (Wildman–Crippen LogP) is 1.89. The van der Waals surface area contributed by atoms with Gasteiger partial charge in [-0.05, 0) is 12.8 Å². The van der Waals surface area contributed by atoms with E-state index in [1.165, 1.54) is 0 Å². The van der Waals surface area contributed by atoms with Gasteiger partial charge in [0.05, 0.1) is 5.92 Å². The van der Waals surface area contributed by atoms with Gasteiger partial charge in [-0.1, -0.05) is 29.8 Å². The smallest absolute Gasteiger partial charge is 0.324 e. The monoisotopic (exact) mass is 236 g/mol. The van der Waals surface area contributed by atoms with Crippen molar-refractivity contribution in [3.8, 4) is 0 Å². The van der Waals surface area contributed by atoms with Crippen LogP contribution in [0.15, 0.2) is 0 Å². The molecule has 0 aliphatic carbocycles. The summed E-state index contributed by atoms with van der Waals surface area (Å²) in [4.78, 5) is 21.8. The van der Waals surface area contributed by atoms with Crippen molar-refractivity contribution in [3.63, 3.8) is 0 Å². The lowest BCUT2D eigenvalue weighted by atomic mass is 10.0. The Morgan fingerprint density at radius 3 is 2.17 bits per heavy atom. The van der Waals surface area contributed by atoms with Crippen molar-refractivity contribution >= 4 is 27.9 Å². The van der Waals surface area contributed by atoms with Gasteiger partial charge in [-0.3, -0.25) is 9.59 Å². The Balaban J connectivity index is 3.92. The van der Waals surface area contributed by atoms with Gasteiger partial charge in [-0.2, -0.15) is 0 Å². The normalized spacial score (nSPS) is 10.0. The molecule has 0 aromatic rings. The van der Waals surface area contributed by atoms with E-state index >= 15 is 0 Å². The largest absolute Gasteiger partial charge is 0.392 e. The number of rotatable bonds is 4. The lowest BCUT2D eigenvalue weighted by Gasteiger charge is -2.08. The zero-order valence-corrected chi connectivity index (χ0v) is 8.89. The molecule has 0 saturated heterocycles. The van der Waals surface area contributed by atoms with Crippen LogP contribution >= 0.6 is 15.9 Å². The molecule has 0 atom stereocenters. The van der Waals surface area contributed by atoms with Crippen molar-refractivity contribution in [2.24, 2.45) is 5.92 Å². The van der Waals surface area contributed by atoms with Crippen molar-refractivity contribution in [3.05, 3.63) is 0 Å². The van der Waals surface area contributed by atoms with Gasteiger partial charge in [-0.25, -0.2) is 0 Å². The van der Waals surface area contributed by atoms with E-state index < -0.39 is 11.9 Å². The average molecular weight is 237 g/mol.